The minimum atomic E-state index is -0.937. The van der Waals surface area contributed by atoms with Crippen LogP contribution in [0.15, 0.2) is 24.3 Å². The standard InChI is InChI=1S/C21H33N3O4.ClH/c1-4-14(2)19(21(28)23-12-6-5-7-18(26)15(3)25)24-20(27)17-10-8-16(13-22)9-11-17;/h8-11,14,18-19,26H,4-7,12-13,22H2,1-3H3,(H,23,28)(H,24,27);1H/t14?,18?,19-;/m0./s1. The maximum atomic E-state index is 12.6. The molecule has 0 aromatic heterocycles. The van der Waals surface area contributed by atoms with E-state index in [1.807, 2.05) is 13.8 Å². The number of nitrogens with one attached hydrogen (secondary N) is 2. The van der Waals surface area contributed by atoms with Crippen molar-refractivity contribution >= 4 is 30.0 Å². The van der Waals surface area contributed by atoms with E-state index in [0.717, 1.165) is 12.0 Å². The van der Waals surface area contributed by atoms with Gasteiger partial charge in [0.25, 0.3) is 5.91 Å². The van der Waals surface area contributed by atoms with Crippen LogP contribution in [0.3, 0.4) is 0 Å². The molecule has 7 nitrogen and oxygen atoms in total. The number of carbonyl (C=O) groups is 3. The average molecular weight is 428 g/mol. The number of unbranched alkanes of at least 4 members (excludes halogenated alkanes) is 1. The lowest BCUT2D eigenvalue weighted by atomic mass is 9.97. The number of halogens is 1. The van der Waals surface area contributed by atoms with Crippen LogP contribution in [-0.4, -0.2) is 41.4 Å². The topological polar surface area (TPSA) is 122 Å². The summed E-state index contributed by atoms with van der Waals surface area (Å²) in [6.45, 7) is 6.08. The second-order valence-electron chi connectivity index (χ2n) is 7.15. The number of amides is 2. The van der Waals surface area contributed by atoms with E-state index in [2.05, 4.69) is 10.6 Å². The summed E-state index contributed by atoms with van der Waals surface area (Å²) in [5.74, 6) is -0.795. The fraction of sp³-hybridized carbons (Fsp3) is 0.571. The van der Waals surface area contributed by atoms with Crippen LogP contribution in [0.5, 0.6) is 0 Å². The van der Waals surface area contributed by atoms with Crippen molar-refractivity contribution in [1.82, 2.24) is 10.6 Å². The zero-order chi connectivity index (χ0) is 21.1. The van der Waals surface area contributed by atoms with Crippen molar-refractivity contribution in [2.24, 2.45) is 11.7 Å². The third-order valence-electron chi connectivity index (χ3n) is 4.91. The van der Waals surface area contributed by atoms with Gasteiger partial charge in [0.15, 0.2) is 5.78 Å². The Hall–Kier alpha value is -1.96. The minimum Gasteiger partial charge on any atom is -0.385 e. The number of nitrogens with two attached hydrogens (primary N) is 1. The maximum absolute atomic E-state index is 12.6. The van der Waals surface area contributed by atoms with Gasteiger partial charge in [0.05, 0.1) is 0 Å². The number of carbonyl (C=O) groups excluding carboxylic acids is 3. The van der Waals surface area contributed by atoms with E-state index in [0.29, 0.717) is 37.9 Å². The van der Waals surface area contributed by atoms with Gasteiger partial charge in [-0.05, 0) is 49.8 Å². The molecule has 0 radical (unpaired) electrons. The van der Waals surface area contributed by atoms with Gasteiger partial charge in [-0.3, -0.25) is 14.4 Å². The molecule has 0 bridgehead atoms. The first-order chi connectivity index (χ1) is 13.3. The summed E-state index contributed by atoms with van der Waals surface area (Å²) < 4.78 is 0. The van der Waals surface area contributed by atoms with E-state index in [9.17, 15) is 19.5 Å². The molecular formula is C21H34ClN3O4. The largest absolute Gasteiger partial charge is 0.385 e. The first-order valence-electron chi connectivity index (χ1n) is 9.86. The van der Waals surface area contributed by atoms with Gasteiger partial charge >= 0.3 is 0 Å². The van der Waals surface area contributed by atoms with Crippen LogP contribution >= 0.6 is 12.4 Å². The van der Waals surface area contributed by atoms with Gasteiger partial charge in [-0.1, -0.05) is 32.4 Å². The van der Waals surface area contributed by atoms with Crippen molar-refractivity contribution in [3.05, 3.63) is 35.4 Å². The molecular weight excluding hydrogens is 394 g/mol. The van der Waals surface area contributed by atoms with Crippen LogP contribution in [0.2, 0.25) is 0 Å². The third kappa shape index (κ3) is 9.39. The van der Waals surface area contributed by atoms with Crippen molar-refractivity contribution in [1.29, 1.82) is 0 Å². The molecule has 2 amide bonds. The number of ketones is 1. The van der Waals surface area contributed by atoms with Crippen LogP contribution in [0.25, 0.3) is 0 Å². The summed E-state index contributed by atoms with van der Waals surface area (Å²) in [6.07, 6.45) is 1.48. The molecule has 1 aromatic rings. The molecule has 0 saturated carbocycles. The monoisotopic (exact) mass is 427 g/mol. The Morgan fingerprint density at radius 3 is 2.28 bits per heavy atom. The lowest BCUT2D eigenvalue weighted by molar-refractivity contribution is -0.125. The zero-order valence-corrected chi connectivity index (χ0v) is 18.3. The van der Waals surface area contributed by atoms with E-state index in [4.69, 9.17) is 5.73 Å². The first kappa shape index (κ1) is 27.0. The van der Waals surface area contributed by atoms with Crippen molar-refractivity contribution in [3.63, 3.8) is 0 Å². The number of benzene rings is 1. The quantitative estimate of drug-likeness (QED) is 0.380. The van der Waals surface area contributed by atoms with E-state index in [1.54, 1.807) is 24.3 Å². The number of aliphatic hydroxyl groups is 1. The molecule has 0 spiro atoms. The van der Waals surface area contributed by atoms with Crippen LogP contribution in [0, 0.1) is 5.92 Å². The van der Waals surface area contributed by atoms with E-state index >= 15 is 0 Å². The van der Waals surface area contributed by atoms with Crippen molar-refractivity contribution in [2.75, 3.05) is 6.54 Å². The lowest BCUT2D eigenvalue weighted by Crippen LogP contribution is -2.50. The van der Waals surface area contributed by atoms with E-state index in [1.165, 1.54) is 6.92 Å². The normalized spacial score (nSPS) is 13.6. The van der Waals surface area contributed by atoms with Crippen molar-refractivity contribution in [3.8, 4) is 0 Å². The second kappa shape index (κ2) is 14.1. The van der Waals surface area contributed by atoms with Crippen molar-refractivity contribution < 1.29 is 19.5 Å². The summed E-state index contributed by atoms with van der Waals surface area (Å²) >= 11 is 0. The Labute approximate surface area is 179 Å². The Kier molecular flexibility index (Phi) is 13.1. The Morgan fingerprint density at radius 1 is 1.14 bits per heavy atom. The first-order valence-corrected chi connectivity index (χ1v) is 9.86. The number of aliphatic hydroxyl groups excluding tert-OH is 1. The lowest BCUT2D eigenvalue weighted by Gasteiger charge is -2.23. The summed E-state index contributed by atoms with van der Waals surface area (Å²) in [5, 5.41) is 15.1. The predicted octanol–water partition coefficient (Wildman–Crippen LogP) is 1.95. The molecule has 1 rings (SSSR count). The molecule has 1 aromatic carbocycles. The van der Waals surface area contributed by atoms with Gasteiger partial charge in [0, 0.05) is 18.7 Å². The molecule has 8 heteroatoms. The molecule has 29 heavy (non-hydrogen) atoms. The highest BCUT2D eigenvalue weighted by Gasteiger charge is 2.26. The minimum absolute atomic E-state index is 0. The molecule has 0 heterocycles. The highest BCUT2D eigenvalue weighted by atomic mass is 35.5. The van der Waals surface area contributed by atoms with Gasteiger partial charge in [-0.15, -0.1) is 12.4 Å². The summed E-state index contributed by atoms with van der Waals surface area (Å²) in [5.41, 5.74) is 6.99. The molecule has 0 aliphatic heterocycles. The molecule has 5 N–H and O–H groups in total. The summed E-state index contributed by atoms with van der Waals surface area (Å²) in [4.78, 5) is 36.1. The van der Waals surface area contributed by atoms with Crippen LogP contribution in [-0.2, 0) is 16.1 Å². The van der Waals surface area contributed by atoms with E-state index in [-0.39, 0.29) is 35.9 Å². The Bertz CT molecular complexity index is 652. The molecule has 0 aliphatic rings. The fourth-order valence-corrected chi connectivity index (χ4v) is 2.71. The SMILES string of the molecule is CCC(C)[C@H](NC(=O)c1ccc(CN)cc1)C(=O)NCCCCC(O)C(C)=O.Cl. The molecule has 164 valence electrons. The average Bonchev–Trinajstić information content (AvgIpc) is 2.70. The fourth-order valence-electron chi connectivity index (χ4n) is 2.71. The predicted molar refractivity (Wildman–Crippen MR) is 116 cm³/mol. The Balaban J connectivity index is 0.00000784. The van der Waals surface area contributed by atoms with Crippen LogP contribution in [0.1, 0.15) is 62.4 Å². The highest BCUT2D eigenvalue weighted by Crippen LogP contribution is 2.11. The van der Waals surface area contributed by atoms with Crippen LogP contribution < -0.4 is 16.4 Å². The smallest absolute Gasteiger partial charge is 0.251 e. The second-order valence-corrected chi connectivity index (χ2v) is 7.15. The summed E-state index contributed by atoms with van der Waals surface area (Å²) in [6, 6.07) is 6.35. The maximum Gasteiger partial charge on any atom is 0.251 e. The van der Waals surface area contributed by atoms with Gasteiger partial charge in [-0.2, -0.15) is 0 Å². The zero-order valence-electron chi connectivity index (χ0n) is 17.4. The van der Waals surface area contributed by atoms with E-state index < -0.39 is 12.1 Å². The van der Waals surface area contributed by atoms with Crippen molar-refractivity contribution in [2.45, 2.75) is 65.1 Å². The number of rotatable bonds is 12. The summed E-state index contributed by atoms with van der Waals surface area (Å²) in [7, 11) is 0. The molecule has 0 aliphatic carbocycles. The number of Topliss-reactive ketones (excluding diaryl/α,β-unsaturated/α-hetero) is 1. The Morgan fingerprint density at radius 2 is 1.76 bits per heavy atom. The van der Waals surface area contributed by atoms with Gasteiger partial charge < -0.3 is 21.5 Å². The van der Waals surface area contributed by atoms with Gasteiger partial charge in [0.2, 0.25) is 5.91 Å². The molecule has 0 fully saturated rings. The highest BCUT2D eigenvalue weighted by molar-refractivity contribution is 5.97. The third-order valence-corrected chi connectivity index (χ3v) is 4.91. The van der Waals surface area contributed by atoms with Gasteiger partial charge in [-0.25, -0.2) is 0 Å². The molecule has 2 unspecified atom stereocenters. The van der Waals surface area contributed by atoms with Crippen LogP contribution in [0.4, 0.5) is 0 Å². The van der Waals surface area contributed by atoms with Gasteiger partial charge in [0.1, 0.15) is 12.1 Å². The molecule has 0 saturated heterocycles. The number of hydrogen-bond acceptors (Lipinski definition) is 5. The number of hydrogen-bond donors (Lipinski definition) is 4. The molecule has 3 atom stereocenters.